The number of piperidine rings is 1. The lowest BCUT2D eigenvalue weighted by Crippen LogP contribution is -2.60. The Bertz CT molecular complexity index is 482. The second-order valence-corrected chi connectivity index (χ2v) is 6.13. The smallest absolute Gasteiger partial charge is 0.408 e. The second-order valence-electron chi connectivity index (χ2n) is 6.13. The molecule has 1 fully saturated rings. The van der Waals surface area contributed by atoms with Crippen molar-refractivity contribution in [1.82, 2.24) is 10.2 Å². The largest absolute Gasteiger partial charge is 0.444 e. The number of carbonyl (C=O) groups is 1. The highest BCUT2D eigenvalue weighted by Crippen LogP contribution is 2.20. The first-order valence-corrected chi connectivity index (χ1v) is 8.06. The Hall–Kier alpha value is -2.10. The van der Waals surface area contributed by atoms with Crippen molar-refractivity contribution >= 4 is 12.1 Å². The van der Waals surface area contributed by atoms with E-state index in [4.69, 9.17) is 15.2 Å². The van der Waals surface area contributed by atoms with Crippen LogP contribution in [0.25, 0.3) is 0 Å². The third-order valence-corrected chi connectivity index (χ3v) is 3.91. The molecule has 0 bridgehead atoms. The van der Waals surface area contributed by atoms with Crippen LogP contribution in [0.3, 0.4) is 0 Å². The molecule has 3 N–H and O–H groups in total. The molecule has 0 radical (unpaired) electrons. The van der Waals surface area contributed by atoms with Gasteiger partial charge < -0.3 is 25.4 Å². The van der Waals surface area contributed by atoms with Gasteiger partial charge in [-0.1, -0.05) is 6.92 Å². The fourth-order valence-electron chi connectivity index (χ4n) is 2.38. The minimum absolute atomic E-state index is 0.243. The second kappa shape index (κ2) is 8.67. The highest BCUT2D eigenvalue weighted by molar-refractivity contribution is 5.78. The fourth-order valence-corrected chi connectivity index (χ4v) is 2.38. The van der Waals surface area contributed by atoms with Gasteiger partial charge in [-0.25, -0.2) is 14.9 Å². The summed E-state index contributed by atoms with van der Waals surface area (Å²) in [6.07, 6.45) is 0.816. The first kappa shape index (κ1) is 19.9. The van der Waals surface area contributed by atoms with Crippen LogP contribution in [0.1, 0.15) is 47.0 Å². The molecule has 1 amide bonds. The van der Waals surface area contributed by atoms with E-state index in [0.717, 1.165) is 0 Å². The summed E-state index contributed by atoms with van der Waals surface area (Å²) in [5.41, 5.74) is 5.12. The molecule has 1 rings (SSSR count). The Kier molecular flexibility index (Phi) is 7.20. The molecule has 1 aliphatic heterocycles. The van der Waals surface area contributed by atoms with Crippen molar-refractivity contribution in [3.63, 3.8) is 0 Å². The number of alkyl carbamates (subject to hydrolysis) is 1. The Labute approximate surface area is 141 Å². The highest BCUT2D eigenvalue weighted by Gasteiger charge is 2.36. The molecule has 1 saturated heterocycles. The number of carbonyl (C=O) groups excluding carboxylic acids is 1. The molecule has 10 nitrogen and oxygen atoms in total. The van der Waals surface area contributed by atoms with Crippen LogP contribution < -0.4 is 11.1 Å². The van der Waals surface area contributed by atoms with Crippen LogP contribution in [-0.2, 0) is 9.47 Å². The van der Waals surface area contributed by atoms with E-state index in [0.29, 0.717) is 32.4 Å². The molecular formula is C14H27N5O5. The van der Waals surface area contributed by atoms with Crippen molar-refractivity contribution in [3.05, 3.63) is 10.1 Å². The first-order valence-electron chi connectivity index (χ1n) is 8.06. The standard InChI is InChI=1S/C14H27N5O5/c1-5-14(3,4)24-13(20)16-10-8-7-9-18(11(10)23-6-2)12(15)17-19(21)22/h10-11H,5-9H2,1-4H3,(H2,15,17)(H,16,20). The van der Waals surface area contributed by atoms with Gasteiger partial charge in [0, 0.05) is 13.2 Å². The summed E-state index contributed by atoms with van der Waals surface area (Å²) in [5.74, 6) is -0.243. The van der Waals surface area contributed by atoms with Crippen LogP contribution >= 0.6 is 0 Å². The van der Waals surface area contributed by atoms with Crippen molar-refractivity contribution in [2.24, 2.45) is 10.8 Å². The third kappa shape index (κ3) is 5.84. The zero-order valence-corrected chi connectivity index (χ0v) is 14.7. The Balaban J connectivity index is 2.84. The number of rotatable bonds is 6. The number of ether oxygens (including phenoxy) is 2. The fraction of sp³-hybridized carbons (Fsp3) is 0.857. The van der Waals surface area contributed by atoms with E-state index < -0.39 is 29.0 Å². The molecule has 0 spiro atoms. The Morgan fingerprint density at radius 1 is 1.50 bits per heavy atom. The van der Waals surface area contributed by atoms with Crippen molar-refractivity contribution < 1.29 is 19.3 Å². The van der Waals surface area contributed by atoms with E-state index in [1.54, 1.807) is 6.92 Å². The Morgan fingerprint density at radius 2 is 2.17 bits per heavy atom. The number of hydrogen-bond donors (Lipinski definition) is 2. The summed E-state index contributed by atoms with van der Waals surface area (Å²) in [7, 11) is 0. The maximum Gasteiger partial charge on any atom is 0.408 e. The minimum Gasteiger partial charge on any atom is -0.444 e. The van der Waals surface area contributed by atoms with E-state index in [1.807, 2.05) is 20.8 Å². The zero-order valence-electron chi connectivity index (χ0n) is 14.7. The van der Waals surface area contributed by atoms with E-state index in [9.17, 15) is 14.9 Å². The Morgan fingerprint density at radius 3 is 2.71 bits per heavy atom. The lowest BCUT2D eigenvalue weighted by Gasteiger charge is -2.40. The maximum absolute atomic E-state index is 12.1. The normalized spacial score (nSPS) is 22.2. The van der Waals surface area contributed by atoms with Crippen LogP contribution in [0.4, 0.5) is 4.79 Å². The molecule has 0 aromatic carbocycles. The highest BCUT2D eigenvalue weighted by atomic mass is 16.7. The quantitative estimate of drug-likeness (QED) is 0.320. The summed E-state index contributed by atoms with van der Waals surface area (Å²) < 4.78 is 11.0. The number of hydrazone groups is 1. The average molecular weight is 345 g/mol. The molecule has 2 atom stereocenters. The number of nitrogens with zero attached hydrogens (tertiary/aromatic N) is 3. The predicted molar refractivity (Wildman–Crippen MR) is 87.7 cm³/mol. The SMILES string of the molecule is CCOC1C(NC(=O)OC(C)(C)CC)CCCN1/C(N)=N/[N+](=O)[O-]. The van der Waals surface area contributed by atoms with Gasteiger partial charge in [0.15, 0.2) is 11.3 Å². The topological polar surface area (TPSA) is 132 Å². The molecule has 0 aromatic rings. The zero-order chi connectivity index (χ0) is 18.3. The summed E-state index contributed by atoms with van der Waals surface area (Å²) in [4.78, 5) is 24.2. The number of likely N-dealkylation sites (tertiary alicyclic amines) is 1. The number of hydrogen-bond acceptors (Lipinski definition) is 5. The molecule has 1 heterocycles. The van der Waals surface area contributed by atoms with Gasteiger partial charge in [-0.05, 0) is 40.0 Å². The van der Waals surface area contributed by atoms with Crippen molar-refractivity contribution in [1.29, 1.82) is 0 Å². The lowest BCUT2D eigenvalue weighted by atomic mass is 10.0. The summed E-state index contributed by atoms with van der Waals surface area (Å²) in [6.45, 7) is 8.18. The van der Waals surface area contributed by atoms with Crippen LogP contribution in [-0.4, -0.2) is 53.0 Å². The van der Waals surface area contributed by atoms with Gasteiger partial charge >= 0.3 is 6.09 Å². The summed E-state index contributed by atoms with van der Waals surface area (Å²) in [6, 6.07) is -0.403. The third-order valence-electron chi connectivity index (χ3n) is 3.91. The number of nitrogens with two attached hydrogens (primary N) is 1. The number of amides is 1. The molecule has 0 aromatic heterocycles. The van der Waals surface area contributed by atoms with Gasteiger partial charge in [0.25, 0.3) is 5.96 Å². The molecule has 1 aliphatic rings. The van der Waals surface area contributed by atoms with E-state index >= 15 is 0 Å². The van der Waals surface area contributed by atoms with Crippen molar-refractivity contribution in [2.45, 2.75) is 64.8 Å². The molecule has 0 aliphatic carbocycles. The minimum atomic E-state index is -0.854. The number of nitrogens with one attached hydrogen (secondary N) is 1. The van der Waals surface area contributed by atoms with Crippen LogP contribution in [0.15, 0.2) is 5.10 Å². The number of nitro groups is 1. The van der Waals surface area contributed by atoms with Gasteiger partial charge in [0.1, 0.15) is 10.7 Å². The summed E-state index contributed by atoms with van der Waals surface area (Å²) in [5, 5.41) is 15.6. The molecule has 0 saturated carbocycles. The maximum atomic E-state index is 12.1. The molecule has 138 valence electrons. The monoisotopic (exact) mass is 345 g/mol. The average Bonchev–Trinajstić information content (AvgIpc) is 2.47. The molecule has 2 unspecified atom stereocenters. The van der Waals surface area contributed by atoms with Crippen molar-refractivity contribution in [3.8, 4) is 0 Å². The molecule has 24 heavy (non-hydrogen) atoms. The summed E-state index contributed by atoms with van der Waals surface area (Å²) >= 11 is 0. The lowest BCUT2D eigenvalue weighted by molar-refractivity contribution is -0.486. The van der Waals surface area contributed by atoms with Gasteiger partial charge in [0.2, 0.25) is 0 Å². The number of guanidine groups is 1. The van der Waals surface area contributed by atoms with E-state index in [1.165, 1.54) is 4.90 Å². The van der Waals surface area contributed by atoms with Gasteiger partial charge in [-0.2, -0.15) is 0 Å². The van der Waals surface area contributed by atoms with Crippen LogP contribution in [0.5, 0.6) is 0 Å². The van der Waals surface area contributed by atoms with E-state index in [-0.39, 0.29) is 5.96 Å². The van der Waals surface area contributed by atoms with Crippen LogP contribution in [0.2, 0.25) is 0 Å². The van der Waals surface area contributed by atoms with Crippen LogP contribution in [0, 0.1) is 10.1 Å². The first-order chi connectivity index (χ1) is 11.2. The van der Waals surface area contributed by atoms with Crippen molar-refractivity contribution in [2.75, 3.05) is 13.2 Å². The van der Waals surface area contributed by atoms with Gasteiger partial charge in [0.05, 0.1) is 6.04 Å². The molecular weight excluding hydrogens is 318 g/mol. The molecule has 10 heteroatoms. The van der Waals surface area contributed by atoms with E-state index in [2.05, 4.69) is 10.4 Å². The predicted octanol–water partition coefficient (Wildman–Crippen LogP) is 1.23. The van der Waals surface area contributed by atoms with Gasteiger partial charge in [-0.3, -0.25) is 0 Å². The van der Waals surface area contributed by atoms with Gasteiger partial charge in [-0.15, -0.1) is 0 Å².